The number of hydrogen-bond acceptors (Lipinski definition) is 7. The molecule has 0 fully saturated rings. The van der Waals surface area contributed by atoms with Crippen LogP contribution in [0.4, 0.5) is 4.79 Å². The molecule has 1 N–H and O–H groups in total. The van der Waals surface area contributed by atoms with Crippen molar-refractivity contribution in [2.75, 3.05) is 13.2 Å². The summed E-state index contributed by atoms with van der Waals surface area (Å²) in [5, 5.41) is 13.1. The number of aliphatic carboxylic acids is 1. The van der Waals surface area contributed by atoms with Gasteiger partial charge in [-0.2, -0.15) is 4.98 Å². The second kappa shape index (κ2) is 11.1. The Morgan fingerprint density at radius 2 is 1.76 bits per heavy atom. The van der Waals surface area contributed by atoms with Gasteiger partial charge in [-0.25, -0.2) is 4.79 Å². The van der Waals surface area contributed by atoms with E-state index in [1.807, 2.05) is 44.2 Å². The summed E-state index contributed by atoms with van der Waals surface area (Å²) in [7, 11) is 0. The molecule has 3 aromatic rings. The molecule has 9 nitrogen and oxygen atoms in total. The van der Waals surface area contributed by atoms with E-state index in [4.69, 9.17) is 14.0 Å². The zero-order valence-electron chi connectivity index (χ0n) is 18.8. The first-order valence-corrected chi connectivity index (χ1v) is 10.6. The van der Waals surface area contributed by atoms with Gasteiger partial charge < -0.3 is 19.1 Å². The maximum Gasteiger partial charge on any atom is 0.410 e. The van der Waals surface area contributed by atoms with Crippen molar-refractivity contribution in [3.8, 4) is 17.2 Å². The number of rotatable bonds is 10. The fourth-order valence-electron chi connectivity index (χ4n) is 3.01. The number of carboxylic acids is 1. The summed E-state index contributed by atoms with van der Waals surface area (Å²) in [6.07, 6.45) is -0.662. The summed E-state index contributed by atoms with van der Waals surface area (Å²) in [5.41, 5.74) is 1.57. The Kier molecular flexibility index (Phi) is 8.01. The second-order valence-corrected chi connectivity index (χ2v) is 7.91. The van der Waals surface area contributed by atoms with Crippen molar-refractivity contribution >= 4 is 12.1 Å². The van der Waals surface area contributed by atoms with E-state index in [0.29, 0.717) is 17.5 Å². The van der Waals surface area contributed by atoms with Gasteiger partial charge in [0.25, 0.3) is 5.89 Å². The zero-order chi connectivity index (χ0) is 23.8. The molecular formula is C24H27N3O6. The summed E-state index contributed by atoms with van der Waals surface area (Å²) in [5.74, 6) is 0.436. The molecule has 0 aliphatic carbocycles. The van der Waals surface area contributed by atoms with Crippen LogP contribution in [0.1, 0.15) is 38.2 Å². The Balaban J connectivity index is 1.61. The third-order valence-corrected chi connectivity index (χ3v) is 4.77. The highest BCUT2D eigenvalue weighted by atomic mass is 16.6. The molecule has 33 heavy (non-hydrogen) atoms. The summed E-state index contributed by atoms with van der Waals surface area (Å²) in [6, 6.07) is 16.0. The highest BCUT2D eigenvalue weighted by Crippen LogP contribution is 2.24. The van der Waals surface area contributed by atoms with E-state index in [1.54, 1.807) is 31.2 Å². The van der Waals surface area contributed by atoms with Crippen molar-refractivity contribution in [2.24, 2.45) is 5.92 Å². The minimum absolute atomic E-state index is 0.123. The van der Waals surface area contributed by atoms with E-state index in [-0.39, 0.29) is 19.1 Å². The van der Waals surface area contributed by atoms with E-state index < -0.39 is 24.6 Å². The molecule has 0 unspecified atom stereocenters. The lowest BCUT2D eigenvalue weighted by molar-refractivity contribution is -0.138. The van der Waals surface area contributed by atoms with Gasteiger partial charge >= 0.3 is 12.1 Å². The van der Waals surface area contributed by atoms with Crippen LogP contribution in [0.15, 0.2) is 59.1 Å². The largest absolute Gasteiger partial charge is 0.485 e. The molecule has 0 spiro atoms. The lowest BCUT2D eigenvalue weighted by atomic mass is 10.1. The molecule has 0 radical (unpaired) electrons. The predicted molar refractivity (Wildman–Crippen MR) is 119 cm³/mol. The van der Waals surface area contributed by atoms with Gasteiger partial charge in [0.15, 0.2) is 6.61 Å². The quantitative estimate of drug-likeness (QED) is 0.475. The van der Waals surface area contributed by atoms with Crippen molar-refractivity contribution in [2.45, 2.75) is 33.4 Å². The van der Waals surface area contributed by atoms with E-state index in [0.717, 1.165) is 11.1 Å². The molecule has 1 amide bonds. The first-order chi connectivity index (χ1) is 15.8. The third kappa shape index (κ3) is 6.80. The number of amides is 1. The fraction of sp³-hybridized carbons (Fsp3) is 0.333. The van der Waals surface area contributed by atoms with Gasteiger partial charge in [-0.15, -0.1) is 0 Å². The number of carbonyl (C=O) groups is 2. The van der Waals surface area contributed by atoms with Crippen molar-refractivity contribution in [1.29, 1.82) is 0 Å². The molecule has 1 atom stereocenters. The maximum atomic E-state index is 12.4. The van der Waals surface area contributed by atoms with E-state index in [2.05, 4.69) is 10.1 Å². The minimum atomic E-state index is -1.11. The van der Waals surface area contributed by atoms with E-state index >= 15 is 0 Å². The number of benzene rings is 2. The molecule has 0 saturated heterocycles. The average molecular weight is 453 g/mol. The van der Waals surface area contributed by atoms with Crippen molar-refractivity contribution in [3.63, 3.8) is 0 Å². The predicted octanol–water partition coefficient (Wildman–Crippen LogP) is 4.56. The zero-order valence-corrected chi connectivity index (χ0v) is 18.8. The Hall–Kier alpha value is -3.88. The Morgan fingerprint density at radius 3 is 2.39 bits per heavy atom. The van der Waals surface area contributed by atoms with Crippen LogP contribution in [0.2, 0.25) is 0 Å². The first-order valence-electron chi connectivity index (χ1n) is 10.6. The molecule has 1 aromatic heterocycles. The number of ether oxygens (including phenoxy) is 2. The molecular weight excluding hydrogens is 426 g/mol. The lowest BCUT2D eigenvalue weighted by Crippen LogP contribution is -2.38. The Morgan fingerprint density at radius 1 is 1.06 bits per heavy atom. The van der Waals surface area contributed by atoms with Crippen molar-refractivity contribution < 1.29 is 28.7 Å². The summed E-state index contributed by atoms with van der Waals surface area (Å²) in [6.45, 7) is 5.45. The van der Waals surface area contributed by atoms with Crippen LogP contribution >= 0.6 is 0 Å². The van der Waals surface area contributed by atoms with E-state index in [1.165, 1.54) is 4.90 Å². The molecule has 0 saturated carbocycles. The Bertz CT molecular complexity index is 1050. The number of carboxylic acid groups (broad SMARTS) is 1. The van der Waals surface area contributed by atoms with Gasteiger partial charge in [-0.3, -0.25) is 9.69 Å². The normalized spacial score (nSPS) is 11.8. The van der Waals surface area contributed by atoms with Gasteiger partial charge in [-0.05, 0) is 42.7 Å². The second-order valence-electron chi connectivity index (χ2n) is 7.91. The number of carbonyl (C=O) groups excluding carboxylic acids is 1. The van der Waals surface area contributed by atoms with Crippen LogP contribution in [0.3, 0.4) is 0 Å². The topological polar surface area (TPSA) is 115 Å². The van der Waals surface area contributed by atoms with Gasteiger partial charge in [0.2, 0.25) is 5.82 Å². The van der Waals surface area contributed by atoms with Gasteiger partial charge in [0.05, 0.1) is 12.6 Å². The van der Waals surface area contributed by atoms with Gasteiger partial charge in [-0.1, -0.05) is 49.3 Å². The van der Waals surface area contributed by atoms with Crippen LogP contribution in [0.5, 0.6) is 5.75 Å². The average Bonchev–Trinajstić information content (AvgIpc) is 3.29. The molecule has 0 bridgehead atoms. The molecule has 3 rings (SSSR count). The maximum absolute atomic E-state index is 12.4. The Labute approximate surface area is 191 Å². The molecule has 9 heteroatoms. The fourth-order valence-corrected chi connectivity index (χ4v) is 3.01. The van der Waals surface area contributed by atoms with E-state index in [9.17, 15) is 14.7 Å². The van der Waals surface area contributed by atoms with Crippen LogP contribution in [0, 0.1) is 5.92 Å². The third-order valence-electron chi connectivity index (χ3n) is 4.77. The minimum Gasteiger partial charge on any atom is -0.485 e. The molecule has 2 aromatic carbocycles. The first kappa shape index (κ1) is 23.8. The summed E-state index contributed by atoms with van der Waals surface area (Å²) < 4.78 is 16.2. The van der Waals surface area contributed by atoms with Crippen molar-refractivity contribution in [1.82, 2.24) is 15.0 Å². The highest BCUT2D eigenvalue weighted by Gasteiger charge is 2.25. The van der Waals surface area contributed by atoms with Crippen LogP contribution in [-0.4, -0.2) is 45.4 Å². The summed E-state index contributed by atoms with van der Waals surface area (Å²) >= 11 is 0. The van der Waals surface area contributed by atoms with Gasteiger partial charge in [0.1, 0.15) is 12.3 Å². The van der Waals surface area contributed by atoms with Crippen LogP contribution in [0.25, 0.3) is 11.5 Å². The number of hydrogen-bond donors (Lipinski definition) is 1. The SMILES string of the molecule is CC(C)COC(=O)N(CC(=O)O)[C@@H](C)c1ccc(OCc2noc(-c3ccccc3)n2)cc1. The molecule has 0 aliphatic heterocycles. The monoisotopic (exact) mass is 453 g/mol. The summed E-state index contributed by atoms with van der Waals surface area (Å²) in [4.78, 5) is 29.2. The number of nitrogens with zero attached hydrogens (tertiary/aromatic N) is 3. The van der Waals surface area contributed by atoms with Gasteiger partial charge in [0, 0.05) is 5.56 Å². The highest BCUT2D eigenvalue weighted by molar-refractivity contribution is 5.77. The standard InChI is InChI=1S/C24H27N3O6/c1-16(2)14-32-24(30)27(13-22(28)29)17(3)18-9-11-20(12-10-18)31-15-21-25-23(33-26-21)19-7-5-4-6-8-19/h4-12,16-17H,13-15H2,1-3H3,(H,28,29)/t17-/m0/s1. The smallest absolute Gasteiger partial charge is 0.410 e. The number of aromatic nitrogens is 2. The van der Waals surface area contributed by atoms with Crippen LogP contribution in [-0.2, 0) is 16.1 Å². The lowest BCUT2D eigenvalue weighted by Gasteiger charge is -2.27. The van der Waals surface area contributed by atoms with Crippen molar-refractivity contribution in [3.05, 3.63) is 66.0 Å². The van der Waals surface area contributed by atoms with Crippen LogP contribution < -0.4 is 4.74 Å². The molecule has 0 aliphatic rings. The molecule has 174 valence electrons. The molecule has 1 heterocycles.